The minimum absolute atomic E-state index is 0.973. The van der Waals surface area contributed by atoms with Gasteiger partial charge >= 0.3 is 0 Å². The van der Waals surface area contributed by atoms with Crippen molar-refractivity contribution in [3.05, 3.63) is 35.8 Å². The third-order valence-corrected chi connectivity index (χ3v) is 2.06. The lowest BCUT2D eigenvalue weighted by molar-refractivity contribution is 1.18. The number of aromatic nitrogens is 2. The van der Waals surface area contributed by atoms with E-state index in [4.69, 9.17) is 0 Å². The van der Waals surface area contributed by atoms with Gasteiger partial charge in [-0.1, -0.05) is 0 Å². The highest BCUT2D eigenvalue weighted by atomic mass is 14.7. The molecule has 2 heterocycles. The smallest absolute Gasteiger partial charge is 0.0888 e. The molecule has 0 unspecified atom stereocenters. The van der Waals surface area contributed by atoms with Gasteiger partial charge in [-0.05, 0) is 31.5 Å². The number of hydrogen-bond acceptors (Lipinski definition) is 2. The van der Waals surface area contributed by atoms with Crippen LogP contribution < -0.4 is 0 Å². The third kappa shape index (κ3) is 1.05. The summed E-state index contributed by atoms with van der Waals surface area (Å²) in [6.45, 7) is 4.09. The lowest BCUT2D eigenvalue weighted by Crippen LogP contribution is -1.88. The zero-order valence-electron chi connectivity index (χ0n) is 7.20. The van der Waals surface area contributed by atoms with Crippen LogP contribution in [0.2, 0.25) is 0 Å². The first-order valence-electron chi connectivity index (χ1n) is 3.95. The topological polar surface area (TPSA) is 25.8 Å². The van der Waals surface area contributed by atoms with E-state index >= 15 is 0 Å². The number of hydrogen-bond donors (Lipinski definition) is 0. The van der Waals surface area contributed by atoms with E-state index in [0.29, 0.717) is 0 Å². The SMILES string of the molecule is Cc1cc2ccncc2nc1C. The third-order valence-electron chi connectivity index (χ3n) is 2.06. The fourth-order valence-electron chi connectivity index (χ4n) is 1.22. The number of rotatable bonds is 0. The zero-order chi connectivity index (χ0) is 8.55. The van der Waals surface area contributed by atoms with Crippen LogP contribution in [-0.2, 0) is 0 Å². The molecule has 0 spiro atoms. The largest absolute Gasteiger partial charge is 0.262 e. The van der Waals surface area contributed by atoms with Crippen LogP contribution in [-0.4, -0.2) is 9.97 Å². The molecule has 0 aromatic carbocycles. The van der Waals surface area contributed by atoms with Crippen LogP contribution in [0.15, 0.2) is 24.5 Å². The van der Waals surface area contributed by atoms with Crippen LogP contribution >= 0.6 is 0 Å². The summed E-state index contributed by atoms with van der Waals surface area (Å²) >= 11 is 0. The van der Waals surface area contributed by atoms with Crippen molar-refractivity contribution in [2.24, 2.45) is 0 Å². The van der Waals surface area contributed by atoms with Gasteiger partial charge in [0.15, 0.2) is 0 Å². The molecule has 12 heavy (non-hydrogen) atoms. The van der Waals surface area contributed by atoms with Gasteiger partial charge in [0.2, 0.25) is 0 Å². The standard InChI is InChI=1S/C10H10N2/c1-7-5-9-3-4-11-6-10(9)12-8(7)2/h3-6H,1-2H3. The van der Waals surface area contributed by atoms with Crippen molar-refractivity contribution in [1.29, 1.82) is 0 Å². The van der Waals surface area contributed by atoms with Gasteiger partial charge in [-0.25, -0.2) is 0 Å². The molecule has 0 N–H and O–H groups in total. The van der Waals surface area contributed by atoms with Gasteiger partial charge < -0.3 is 0 Å². The van der Waals surface area contributed by atoms with Gasteiger partial charge in [0, 0.05) is 17.3 Å². The van der Waals surface area contributed by atoms with Gasteiger partial charge in [0.1, 0.15) is 0 Å². The van der Waals surface area contributed by atoms with E-state index in [1.54, 1.807) is 12.4 Å². The molecule has 0 fully saturated rings. The van der Waals surface area contributed by atoms with Crippen LogP contribution in [0.1, 0.15) is 11.3 Å². The van der Waals surface area contributed by atoms with Crippen molar-refractivity contribution in [3.63, 3.8) is 0 Å². The summed E-state index contributed by atoms with van der Waals surface area (Å²) in [4.78, 5) is 8.43. The number of nitrogens with zero attached hydrogens (tertiary/aromatic N) is 2. The average Bonchev–Trinajstić information content (AvgIpc) is 2.07. The van der Waals surface area contributed by atoms with Crippen molar-refractivity contribution in [2.45, 2.75) is 13.8 Å². The van der Waals surface area contributed by atoms with Crippen LogP contribution in [0.25, 0.3) is 10.9 Å². The molecule has 2 heteroatoms. The molecule has 0 amide bonds. The Morgan fingerprint density at radius 1 is 1.25 bits per heavy atom. The summed E-state index contributed by atoms with van der Waals surface area (Å²) < 4.78 is 0. The Bertz CT molecular complexity index is 381. The van der Waals surface area contributed by atoms with E-state index in [2.05, 4.69) is 23.0 Å². The minimum Gasteiger partial charge on any atom is -0.262 e. The Morgan fingerprint density at radius 3 is 2.92 bits per heavy atom. The molecule has 0 aliphatic heterocycles. The first kappa shape index (κ1) is 7.22. The summed E-state index contributed by atoms with van der Waals surface area (Å²) in [5.41, 5.74) is 3.28. The van der Waals surface area contributed by atoms with Gasteiger partial charge in [0.25, 0.3) is 0 Å². The molecule has 0 aliphatic carbocycles. The molecule has 0 aliphatic rings. The molecule has 60 valence electrons. The van der Waals surface area contributed by atoms with E-state index in [1.165, 1.54) is 5.56 Å². The highest BCUT2D eigenvalue weighted by Gasteiger charge is 1.97. The predicted molar refractivity (Wildman–Crippen MR) is 49.0 cm³/mol. The highest BCUT2D eigenvalue weighted by Crippen LogP contribution is 2.13. The Balaban J connectivity index is 2.84. The van der Waals surface area contributed by atoms with Crippen molar-refractivity contribution in [3.8, 4) is 0 Å². The second-order valence-electron chi connectivity index (χ2n) is 2.96. The van der Waals surface area contributed by atoms with Crippen molar-refractivity contribution < 1.29 is 0 Å². The van der Waals surface area contributed by atoms with Crippen molar-refractivity contribution in [2.75, 3.05) is 0 Å². The molecular formula is C10H10N2. The monoisotopic (exact) mass is 158 g/mol. The highest BCUT2D eigenvalue weighted by molar-refractivity contribution is 5.78. The van der Waals surface area contributed by atoms with Crippen LogP contribution in [0, 0.1) is 13.8 Å². The van der Waals surface area contributed by atoms with Crippen LogP contribution in [0.4, 0.5) is 0 Å². The Morgan fingerprint density at radius 2 is 2.08 bits per heavy atom. The Kier molecular flexibility index (Phi) is 1.54. The Hall–Kier alpha value is -1.44. The van der Waals surface area contributed by atoms with Gasteiger partial charge in [-0.2, -0.15) is 0 Å². The molecule has 2 aromatic heterocycles. The van der Waals surface area contributed by atoms with Crippen LogP contribution in [0.3, 0.4) is 0 Å². The fraction of sp³-hybridized carbons (Fsp3) is 0.200. The second-order valence-corrected chi connectivity index (χ2v) is 2.96. The summed E-state index contributed by atoms with van der Waals surface area (Å²) in [5, 5.41) is 1.16. The first-order chi connectivity index (χ1) is 5.77. The lowest BCUT2D eigenvalue weighted by atomic mass is 10.1. The molecule has 2 rings (SSSR count). The zero-order valence-corrected chi connectivity index (χ0v) is 7.20. The van der Waals surface area contributed by atoms with E-state index < -0.39 is 0 Å². The Labute approximate surface area is 71.3 Å². The lowest BCUT2D eigenvalue weighted by Gasteiger charge is -2.00. The van der Waals surface area contributed by atoms with Crippen molar-refractivity contribution >= 4 is 10.9 Å². The molecule has 0 saturated heterocycles. The predicted octanol–water partition coefficient (Wildman–Crippen LogP) is 2.25. The van der Waals surface area contributed by atoms with E-state index in [9.17, 15) is 0 Å². The van der Waals surface area contributed by atoms with Gasteiger partial charge in [-0.15, -0.1) is 0 Å². The number of aryl methyl sites for hydroxylation is 2. The quantitative estimate of drug-likeness (QED) is 0.587. The summed E-state index contributed by atoms with van der Waals surface area (Å²) in [6.07, 6.45) is 3.58. The molecule has 0 saturated carbocycles. The van der Waals surface area contributed by atoms with Crippen LogP contribution in [0.5, 0.6) is 0 Å². The maximum absolute atomic E-state index is 4.41. The van der Waals surface area contributed by atoms with Crippen molar-refractivity contribution in [1.82, 2.24) is 9.97 Å². The second kappa shape index (κ2) is 2.55. The first-order valence-corrected chi connectivity index (χ1v) is 3.95. The average molecular weight is 158 g/mol. The van der Waals surface area contributed by atoms with E-state index in [1.807, 2.05) is 13.0 Å². The summed E-state index contributed by atoms with van der Waals surface area (Å²) in [6, 6.07) is 4.12. The van der Waals surface area contributed by atoms with Gasteiger partial charge in [-0.3, -0.25) is 9.97 Å². The molecule has 0 bridgehead atoms. The normalized spacial score (nSPS) is 10.5. The van der Waals surface area contributed by atoms with Gasteiger partial charge in [0.05, 0.1) is 11.7 Å². The molecule has 2 nitrogen and oxygen atoms in total. The molecule has 0 atom stereocenters. The fourth-order valence-corrected chi connectivity index (χ4v) is 1.22. The number of fused-ring (bicyclic) bond motifs is 1. The maximum atomic E-state index is 4.41. The number of pyridine rings is 2. The van der Waals surface area contributed by atoms with E-state index in [-0.39, 0.29) is 0 Å². The van der Waals surface area contributed by atoms with E-state index in [0.717, 1.165) is 16.6 Å². The summed E-state index contributed by atoms with van der Waals surface area (Å²) in [7, 11) is 0. The maximum Gasteiger partial charge on any atom is 0.0888 e. The molecular weight excluding hydrogens is 148 g/mol. The molecule has 0 radical (unpaired) electrons. The summed E-state index contributed by atoms with van der Waals surface area (Å²) in [5.74, 6) is 0. The minimum atomic E-state index is 0.973. The molecule has 2 aromatic rings.